The smallest absolute Gasteiger partial charge is 0.258 e. The van der Waals surface area contributed by atoms with E-state index in [2.05, 4.69) is 28.3 Å². The quantitative estimate of drug-likeness (QED) is 0.448. The highest BCUT2D eigenvalue weighted by Crippen LogP contribution is 2.24. The Kier molecular flexibility index (Phi) is 7.61. The van der Waals surface area contributed by atoms with Gasteiger partial charge in [0.1, 0.15) is 17.5 Å². The van der Waals surface area contributed by atoms with Crippen LogP contribution in [0.2, 0.25) is 0 Å². The number of hydrogen-bond acceptors (Lipinski definition) is 6. The molecule has 1 aliphatic heterocycles. The molecule has 0 aromatic heterocycles. The van der Waals surface area contributed by atoms with Crippen molar-refractivity contribution in [3.05, 3.63) is 59.7 Å². The summed E-state index contributed by atoms with van der Waals surface area (Å²) in [6.45, 7) is 5.36. The zero-order chi connectivity index (χ0) is 20.5. The minimum atomic E-state index is -0.353. The first-order chi connectivity index (χ1) is 14.2. The average molecular weight is 396 g/mol. The van der Waals surface area contributed by atoms with Gasteiger partial charge in [0.25, 0.3) is 5.91 Å². The summed E-state index contributed by atoms with van der Waals surface area (Å²) in [7, 11) is 0. The monoisotopic (exact) mass is 396 g/mol. The Bertz CT molecular complexity index is 806. The molecule has 1 fully saturated rings. The van der Waals surface area contributed by atoms with Crippen molar-refractivity contribution in [1.82, 2.24) is 16.3 Å². The molecule has 29 heavy (non-hydrogen) atoms. The summed E-state index contributed by atoms with van der Waals surface area (Å²) in [5, 5.41) is 4.05. The predicted molar refractivity (Wildman–Crippen MR) is 113 cm³/mol. The molecule has 7 nitrogen and oxygen atoms in total. The zero-order valence-corrected chi connectivity index (χ0v) is 16.9. The summed E-state index contributed by atoms with van der Waals surface area (Å²) in [6, 6.07) is 15.2. The van der Waals surface area contributed by atoms with Crippen LogP contribution in [0, 0.1) is 0 Å². The number of nitrogens with zero attached hydrogens (tertiary/aromatic N) is 1. The number of carbonyl (C=O) groups is 1. The van der Waals surface area contributed by atoms with Gasteiger partial charge in [0.15, 0.2) is 0 Å². The van der Waals surface area contributed by atoms with Gasteiger partial charge in [-0.3, -0.25) is 4.79 Å². The highest BCUT2D eigenvalue weighted by molar-refractivity contribution is 5.85. The van der Waals surface area contributed by atoms with Gasteiger partial charge in [-0.1, -0.05) is 19.1 Å². The largest absolute Gasteiger partial charge is 0.494 e. The highest BCUT2D eigenvalue weighted by Gasteiger charge is 2.30. The fraction of sp³-hybridized carbons (Fsp3) is 0.364. The molecule has 7 heteroatoms. The second-order valence-electron chi connectivity index (χ2n) is 6.78. The third kappa shape index (κ3) is 6.04. The van der Waals surface area contributed by atoms with Crippen LogP contribution in [-0.4, -0.2) is 31.4 Å². The maximum atomic E-state index is 12.4. The molecular weight excluding hydrogens is 368 g/mol. The first-order valence-corrected chi connectivity index (χ1v) is 9.99. The summed E-state index contributed by atoms with van der Waals surface area (Å²) >= 11 is 0. The summed E-state index contributed by atoms with van der Waals surface area (Å²) in [5.74, 6) is 1.50. The number of hydrazone groups is 1. The molecule has 0 spiro atoms. The Morgan fingerprint density at radius 2 is 1.76 bits per heavy atom. The van der Waals surface area contributed by atoms with Crippen molar-refractivity contribution in [3.8, 4) is 11.5 Å². The first-order valence-electron chi connectivity index (χ1n) is 9.99. The molecule has 1 heterocycles. The molecule has 1 aliphatic rings. The van der Waals surface area contributed by atoms with E-state index in [1.54, 1.807) is 6.21 Å². The van der Waals surface area contributed by atoms with E-state index in [0.29, 0.717) is 19.6 Å². The molecule has 2 aromatic carbocycles. The van der Waals surface area contributed by atoms with Gasteiger partial charge in [-0.2, -0.15) is 5.10 Å². The van der Waals surface area contributed by atoms with Crippen LogP contribution in [0.4, 0.5) is 0 Å². The van der Waals surface area contributed by atoms with Gasteiger partial charge < -0.3 is 9.47 Å². The molecule has 2 unspecified atom stereocenters. The zero-order valence-electron chi connectivity index (χ0n) is 16.9. The van der Waals surface area contributed by atoms with Crippen LogP contribution in [-0.2, 0) is 4.79 Å². The van der Waals surface area contributed by atoms with Crippen molar-refractivity contribution in [3.63, 3.8) is 0 Å². The Morgan fingerprint density at radius 3 is 2.45 bits per heavy atom. The van der Waals surface area contributed by atoms with Gasteiger partial charge in [-0.05, 0) is 67.3 Å². The van der Waals surface area contributed by atoms with Crippen LogP contribution >= 0.6 is 0 Å². The van der Waals surface area contributed by atoms with E-state index in [1.165, 1.54) is 0 Å². The van der Waals surface area contributed by atoms with E-state index >= 15 is 0 Å². The molecule has 0 radical (unpaired) electrons. The number of ether oxygens (including phenoxy) is 2. The number of rotatable bonds is 9. The lowest BCUT2D eigenvalue weighted by Gasteiger charge is -2.11. The van der Waals surface area contributed by atoms with Crippen molar-refractivity contribution in [2.24, 2.45) is 5.10 Å². The van der Waals surface area contributed by atoms with Gasteiger partial charge in [0.2, 0.25) is 0 Å². The first kappa shape index (κ1) is 20.8. The molecule has 1 amide bonds. The van der Waals surface area contributed by atoms with Crippen LogP contribution in [0.25, 0.3) is 0 Å². The standard InChI is InChI=1S/C22H28N4O3/c1-3-13-29-19-11-7-17(8-12-19)20-14-21(25-24-20)22(27)26-23-15-16-5-9-18(10-6-16)28-4-2/h5-12,15,20-21,24-25H,3-4,13-14H2,1-2H3,(H,26,27)/b23-15+. The molecule has 0 aliphatic carbocycles. The summed E-state index contributed by atoms with van der Waals surface area (Å²) in [6.07, 6.45) is 3.23. The molecule has 154 valence electrons. The van der Waals surface area contributed by atoms with Crippen molar-refractivity contribution in [2.45, 2.75) is 38.8 Å². The molecule has 0 bridgehead atoms. The van der Waals surface area contributed by atoms with Gasteiger partial charge in [-0.15, -0.1) is 0 Å². The van der Waals surface area contributed by atoms with E-state index in [9.17, 15) is 4.79 Å². The lowest BCUT2D eigenvalue weighted by Crippen LogP contribution is -2.41. The predicted octanol–water partition coefficient (Wildman–Crippen LogP) is 2.93. The molecule has 3 N–H and O–H groups in total. The lowest BCUT2D eigenvalue weighted by atomic mass is 10.0. The number of hydrogen-bond donors (Lipinski definition) is 3. The third-order valence-corrected chi connectivity index (χ3v) is 4.55. The summed E-state index contributed by atoms with van der Waals surface area (Å²) in [4.78, 5) is 12.4. The van der Waals surface area contributed by atoms with Gasteiger partial charge in [0, 0.05) is 6.04 Å². The number of benzene rings is 2. The lowest BCUT2D eigenvalue weighted by molar-refractivity contribution is -0.122. The molecule has 2 aromatic rings. The molecule has 2 atom stereocenters. The van der Waals surface area contributed by atoms with E-state index < -0.39 is 0 Å². The fourth-order valence-electron chi connectivity index (χ4n) is 3.03. The van der Waals surface area contributed by atoms with Crippen LogP contribution in [0.5, 0.6) is 11.5 Å². The van der Waals surface area contributed by atoms with Crippen LogP contribution in [0.3, 0.4) is 0 Å². The Labute approximate surface area is 171 Å². The van der Waals surface area contributed by atoms with E-state index in [4.69, 9.17) is 9.47 Å². The van der Waals surface area contributed by atoms with E-state index in [0.717, 1.165) is 29.0 Å². The van der Waals surface area contributed by atoms with Gasteiger partial charge >= 0.3 is 0 Å². The topological polar surface area (TPSA) is 84.0 Å². The SMILES string of the molecule is CCCOc1ccc(C2CC(C(=O)N/N=C/c3ccc(OCC)cc3)NN2)cc1. The van der Waals surface area contributed by atoms with Crippen molar-refractivity contribution < 1.29 is 14.3 Å². The summed E-state index contributed by atoms with van der Waals surface area (Å²) < 4.78 is 11.0. The maximum Gasteiger partial charge on any atom is 0.258 e. The van der Waals surface area contributed by atoms with Crippen molar-refractivity contribution in [2.75, 3.05) is 13.2 Å². The third-order valence-electron chi connectivity index (χ3n) is 4.55. The second kappa shape index (κ2) is 10.6. The average Bonchev–Trinajstić information content (AvgIpc) is 3.24. The number of nitrogens with one attached hydrogen (secondary N) is 3. The molecular formula is C22H28N4O3. The minimum absolute atomic E-state index is 0.0565. The highest BCUT2D eigenvalue weighted by atomic mass is 16.5. The second-order valence-corrected chi connectivity index (χ2v) is 6.78. The van der Waals surface area contributed by atoms with Gasteiger partial charge in [-0.25, -0.2) is 16.3 Å². The van der Waals surface area contributed by atoms with E-state index in [1.807, 2.05) is 55.5 Å². The Morgan fingerprint density at radius 1 is 1.07 bits per heavy atom. The number of hydrazine groups is 1. The van der Waals surface area contributed by atoms with Crippen LogP contribution < -0.4 is 25.8 Å². The molecule has 3 rings (SSSR count). The van der Waals surface area contributed by atoms with Crippen LogP contribution in [0.1, 0.15) is 43.9 Å². The summed E-state index contributed by atoms with van der Waals surface area (Å²) in [5.41, 5.74) is 10.8. The number of carbonyl (C=O) groups excluding carboxylic acids is 1. The molecule has 1 saturated heterocycles. The van der Waals surface area contributed by atoms with Crippen molar-refractivity contribution >= 4 is 12.1 Å². The maximum absolute atomic E-state index is 12.4. The molecule has 0 saturated carbocycles. The number of amides is 1. The van der Waals surface area contributed by atoms with E-state index in [-0.39, 0.29) is 18.0 Å². The minimum Gasteiger partial charge on any atom is -0.494 e. The Balaban J connectivity index is 1.47. The Hall–Kier alpha value is -2.90. The van der Waals surface area contributed by atoms with Gasteiger partial charge in [0.05, 0.1) is 19.4 Å². The van der Waals surface area contributed by atoms with Crippen molar-refractivity contribution in [1.29, 1.82) is 0 Å². The normalized spacial score (nSPS) is 18.7. The fourth-order valence-corrected chi connectivity index (χ4v) is 3.03. The van der Waals surface area contributed by atoms with Crippen LogP contribution in [0.15, 0.2) is 53.6 Å².